The van der Waals surface area contributed by atoms with E-state index in [-0.39, 0.29) is 4.70 Å². The Kier molecular flexibility index (Phi) is 6.67. The lowest BCUT2D eigenvalue weighted by atomic mass is 13.1. The predicted octanol–water partition coefficient (Wildman–Crippen LogP) is 0.501. The van der Waals surface area contributed by atoms with Gasteiger partial charge in [0, 0.05) is 0 Å². The van der Waals surface area contributed by atoms with E-state index in [0.717, 1.165) is 0 Å². The number of halogens is 2. The van der Waals surface area contributed by atoms with Crippen molar-refractivity contribution < 1.29 is 14.2 Å². The fourth-order valence-electron chi connectivity index (χ4n) is 0. The molecule has 0 atom stereocenters. The van der Waals surface area contributed by atoms with E-state index in [2.05, 4.69) is 16.3 Å². The lowest BCUT2D eigenvalue weighted by Crippen LogP contribution is -1.85. The molecule has 0 N–H and O–H groups in total. The van der Waals surface area contributed by atoms with Crippen molar-refractivity contribution in [3.63, 3.8) is 0 Å². The van der Waals surface area contributed by atoms with E-state index in [4.69, 9.17) is 10.1 Å². The lowest BCUT2D eigenvalue weighted by Gasteiger charge is -1.69. The van der Waals surface area contributed by atoms with Gasteiger partial charge in [0.2, 0.25) is 0 Å². The zero-order valence-electron chi connectivity index (χ0n) is 2.46. The number of nitrogens with zero attached hydrogens (tertiary/aromatic N) is 1. The minimum atomic E-state index is -1.11. The van der Waals surface area contributed by atoms with Crippen LogP contribution in [0.5, 0.6) is 0 Å². The SMILES string of the molecule is F.O=[N+]([O-])OCl. The third kappa shape index (κ3) is 9.93. The van der Waals surface area contributed by atoms with Crippen LogP contribution < -0.4 is 0 Å². The van der Waals surface area contributed by atoms with Crippen LogP contribution in [0.1, 0.15) is 0 Å². The van der Waals surface area contributed by atoms with Crippen molar-refractivity contribution >= 4 is 11.9 Å². The van der Waals surface area contributed by atoms with Crippen molar-refractivity contribution in [2.45, 2.75) is 0 Å². The van der Waals surface area contributed by atoms with Gasteiger partial charge in [-0.15, -0.1) is 10.1 Å². The molecule has 0 aromatic heterocycles. The molecular formula is HClFNO3. The molecule has 6 heavy (non-hydrogen) atoms. The van der Waals surface area contributed by atoms with Gasteiger partial charge in [0.15, 0.2) is 0 Å². The van der Waals surface area contributed by atoms with Crippen LogP contribution >= 0.6 is 11.9 Å². The van der Waals surface area contributed by atoms with E-state index in [1.54, 1.807) is 0 Å². The second-order valence-corrected chi connectivity index (χ2v) is 0.431. The number of rotatable bonds is 1. The van der Waals surface area contributed by atoms with Gasteiger partial charge < -0.3 is 0 Å². The summed E-state index contributed by atoms with van der Waals surface area (Å²) < 4.78 is 2.94. The summed E-state index contributed by atoms with van der Waals surface area (Å²) in [6, 6.07) is 0. The zero-order valence-corrected chi connectivity index (χ0v) is 3.21. The van der Waals surface area contributed by atoms with Gasteiger partial charge in [-0.2, -0.15) is 4.39 Å². The van der Waals surface area contributed by atoms with Gasteiger partial charge in [-0.25, -0.2) is 0 Å². The van der Waals surface area contributed by atoms with Crippen LogP contribution in [-0.2, 0) is 4.39 Å². The molecule has 0 aromatic carbocycles. The first kappa shape index (κ1) is 9.05. The maximum atomic E-state index is 8.82. The molecule has 0 unspecified atom stereocenters. The smallest absolute Gasteiger partial charge is 0.269 e. The molecule has 0 aliphatic rings. The molecule has 0 amide bonds. The van der Waals surface area contributed by atoms with Crippen LogP contribution in [0, 0.1) is 10.1 Å². The Morgan fingerprint density at radius 3 is 2.00 bits per heavy atom. The third-order valence-electron chi connectivity index (χ3n) is 0.0563. The molecule has 0 saturated carbocycles. The molecule has 0 aliphatic carbocycles. The minimum Gasteiger partial charge on any atom is -0.269 e. The van der Waals surface area contributed by atoms with E-state index >= 15 is 0 Å². The van der Waals surface area contributed by atoms with Crippen molar-refractivity contribution in [3.05, 3.63) is 10.1 Å². The van der Waals surface area contributed by atoms with Crippen molar-refractivity contribution in [3.8, 4) is 0 Å². The second kappa shape index (κ2) is 4.42. The van der Waals surface area contributed by atoms with Gasteiger partial charge >= 0.3 is 5.09 Å². The van der Waals surface area contributed by atoms with E-state index in [1.807, 2.05) is 0 Å². The van der Waals surface area contributed by atoms with Gasteiger partial charge in [0.1, 0.15) is 11.9 Å². The molecule has 0 aliphatic heterocycles. The van der Waals surface area contributed by atoms with Crippen molar-refractivity contribution in [2.75, 3.05) is 0 Å². The molecule has 0 aromatic rings. The highest BCUT2D eigenvalue weighted by molar-refractivity contribution is 6.06. The molecule has 6 heteroatoms. The second-order valence-electron chi connectivity index (χ2n) is 0.293. The van der Waals surface area contributed by atoms with Gasteiger partial charge in [-0.1, -0.05) is 0 Å². The van der Waals surface area contributed by atoms with E-state index < -0.39 is 5.09 Å². The summed E-state index contributed by atoms with van der Waals surface area (Å²) in [5.74, 6) is 0. The average molecular weight is 117 g/mol. The quantitative estimate of drug-likeness (QED) is 0.371. The first-order chi connectivity index (χ1) is 2.27. The standard InChI is InChI=1S/ClNO3.FH/c1-5-2(3)4;/h;1H. The normalized spacial score (nSPS) is 5.50. The van der Waals surface area contributed by atoms with Crippen molar-refractivity contribution in [1.82, 2.24) is 0 Å². The average Bonchev–Trinajstić information content (AvgIpc) is 1.38. The summed E-state index contributed by atoms with van der Waals surface area (Å²) in [5, 5.41) is 7.71. The highest BCUT2D eigenvalue weighted by Crippen LogP contribution is 1.73. The number of hydrogen-bond acceptors (Lipinski definition) is 3. The van der Waals surface area contributed by atoms with Gasteiger partial charge in [-0.3, -0.25) is 4.70 Å². The van der Waals surface area contributed by atoms with Crippen LogP contribution in [0.3, 0.4) is 0 Å². The molecule has 0 rings (SSSR count). The summed E-state index contributed by atoms with van der Waals surface area (Å²) in [6.07, 6.45) is 0. The fraction of sp³-hybridized carbons (Fsp3) is 0. The number of hydrogen-bond donors (Lipinski definition) is 0. The maximum Gasteiger partial charge on any atom is 0.311 e. The van der Waals surface area contributed by atoms with Crippen LogP contribution in [0.25, 0.3) is 0 Å². The van der Waals surface area contributed by atoms with Gasteiger partial charge in [0.05, 0.1) is 0 Å². The molecule has 0 radical (unpaired) electrons. The first-order valence-corrected chi connectivity index (χ1v) is 1.01. The molecule has 0 saturated heterocycles. The van der Waals surface area contributed by atoms with E-state index in [9.17, 15) is 0 Å². The Labute approximate surface area is 37.3 Å². The highest BCUT2D eigenvalue weighted by Gasteiger charge is 1.80. The molecule has 0 spiro atoms. The van der Waals surface area contributed by atoms with Crippen LogP contribution in [0.4, 0.5) is 4.70 Å². The first-order valence-electron chi connectivity index (χ1n) is 0.702. The fourth-order valence-corrected chi connectivity index (χ4v) is 0. The topological polar surface area (TPSA) is 52.4 Å². The third-order valence-corrected chi connectivity index (χ3v) is 0.169. The molecular weight excluding hydrogens is 116 g/mol. The Morgan fingerprint density at radius 2 is 2.00 bits per heavy atom. The van der Waals surface area contributed by atoms with Crippen molar-refractivity contribution in [2.24, 2.45) is 0 Å². The summed E-state index contributed by atoms with van der Waals surface area (Å²) in [5.41, 5.74) is 0. The van der Waals surface area contributed by atoms with Crippen LogP contribution in [0.2, 0.25) is 0 Å². The Bertz CT molecular complexity index is 46.1. The molecule has 4 nitrogen and oxygen atoms in total. The van der Waals surface area contributed by atoms with Crippen LogP contribution in [-0.4, -0.2) is 5.09 Å². The summed E-state index contributed by atoms with van der Waals surface area (Å²) in [6.45, 7) is 0. The summed E-state index contributed by atoms with van der Waals surface area (Å²) in [4.78, 5) is 8.82. The monoisotopic (exact) mass is 117 g/mol. The highest BCUT2D eigenvalue weighted by atomic mass is 35.5. The molecule has 0 heterocycles. The van der Waals surface area contributed by atoms with Gasteiger partial charge in [-0.05, 0) is 0 Å². The van der Waals surface area contributed by atoms with Crippen LogP contribution in [0.15, 0.2) is 0 Å². The van der Waals surface area contributed by atoms with E-state index in [1.165, 1.54) is 0 Å². The summed E-state index contributed by atoms with van der Waals surface area (Å²) in [7, 11) is 0. The molecule has 38 valence electrons. The summed E-state index contributed by atoms with van der Waals surface area (Å²) >= 11 is 4.14. The molecule has 0 fully saturated rings. The van der Waals surface area contributed by atoms with Gasteiger partial charge in [0.25, 0.3) is 0 Å². The largest absolute Gasteiger partial charge is 0.311 e. The Morgan fingerprint density at radius 1 is 1.83 bits per heavy atom. The van der Waals surface area contributed by atoms with Crippen molar-refractivity contribution in [1.29, 1.82) is 0 Å². The Balaban J connectivity index is 0. The lowest BCUT2D eigenvalue weighted by molar-refractivity contribution is -0.714. The van der Waals surface area contributed by atoms with E-state index in [0.29, 0.717) is 0 Å². The molecule has 0 bridgehead atoms. The zero-order chi connectivity index (χ0) is 4.28. The maximum absolute atomic E-state index is 8.82. The minimum absolute atomic E-state index is 0. The Hall–Kier alpha value is -0.580. The predicted molar refractivity (Wildman–Crippen MR) is 16.4 cm³/mol.